The van der Waals surface area contributed by atoms with E-state index in [0.29, 0.717) is 12.8 Å². The third-order valence-corrected chi connectivity index (χ3v) is 5.64. The molecule has 3 unspecified atom stereocenters. The lowest BCUT2D eigenvalue weighted by Gasteiger charge is -2.46. The van der Waals surface area contributed by atoms with Crippen LogP contribution in [0.2, 0.25) is 0 Å². The second kappa shape index (κ2) is 15.3. The third kappa shape index (κ3) is 11.0. The maximum atomic E-state index is 11.6. The van der Waals surface area contributed by atoms with Crippen molar-refractivity contribution in [2.75, 3.05) is 26.2 Å². The van der Waals surface area contributed by atoms with Gasteiger partial charge in [-0.2, -0.15) is 0 Å². The maximum Gasteiger partial charge on any atom is 0.127 e. The van der Waals surface area contributed by atoms with Gasteiger partial charge in [0.1, 0.15) is 37.9 Å². The van der Waals surface area contributed by atoms with Crippen LogP contribution in [0.3, 0.4) is 0 Å². The molecule has 0 aromatic rings. The van der Waals surface area contributed by atoms with E-state index in [9.17, 15) is 25.2 Å². The summed E-state index contributed by atoms with van der Waals surface area (Å²) in [6.07, 6.45) is 8.28. The first-order valence-electron chi connectivity index (χ1n) is 10.9. The predicted molar refractivity (Wildman–Crippen MR) is 106 cm³/mol. The topological polar surface area (TPSA) is 101 Å². The van der Waals surface area contributed by atoms with Gasteiger partial charge in [-0.25, -0.2) is 0 Å². The minimum absolute atomic E-state index is 0.0390. The highest BCUT2D eigenvalue weighted by atomic mass is 16.4. The molecule has 0 heterocycles. The van der Waals surface area contributed by atoms with E-state index in [1.165, 1.54) is 0 Å². The van der Waals surface area contributed by atoms with Gasteiger partial charge in [-0.05, 0) is 19.8 Å². The van der Waals surface area contributed by atoms with Crippen molar-refractivity contribution in [2.45, 2.75) is 103 Å². The highest BCUT2D eigenvalue weighted by molar-refractivity contribution is 5.69. The number of carbonyl (C=O) groups excluding carboxylic acids is 1. The smallest absolute Gasteiger partial charge is 0.127 e. The minimum atomic E-state index is -1.21. The van der Waals surface area contributed by atoms with Crippen molar-refractivity contribution in [1.82, 2.24) is 0 Å². The van der Waals surface area contributed by atoms with E-state index in [1.54, 1.807) is 6.92 Å². The minimum Gasteiger partial charge on any atom is -0.544 e. The second-order valence-corrected chi connectivity index (χ2v) is 8.03. The standard InChI is InChI=1S/C21H43NO5/c1-4-6-8-10-12-19(24)16-22(14-15-23,18(3)21(26)27)17-20(25)13-11-9-7-5-2/h18-20,23-25H,4-17H2,1-3H3. The molecular weight excluding hydrogens is 346 g/mol. The van der Waals surface area contributed by atoms with Gasteiger partial charge in [0.2, 0.25) is 0 Å². The molecule has 0 aromatic carbocycles. The second-order valence-electron chi connectivity index (χ2n) is 8.03. The largest absolute Gasteiger partial charge is 0.544 e. The van der Waals surface area contributed by atoms with E-state index in [0.717, 1.165) is 51.4 Å². The van der Waals surface area contributed by atoms with Crippen LogP contribution < -0.4 is 5.11 Å². The summed E-state index contributed by atoms with van der Waals surface area (Å²) in [7, 11) is 0. The molecule has 0 radical (unpaired) electrons. The Morgan fingerprint density at radius 2 is 1.33 bits per heavy atom. The summed E-state index contributed by atoms with van der Waals surface area (Å²) in [5, 5.41) is 42.2. The Labute approximate surface area is 165 Å². The fourth-order valence-corrected chi connectivity index (χ4v) is 3.83. The number of aliphatic carboxylic acids is 1. The van der Waals surface area contributed by atoms with Crippen LogP contribution >= 0.6 is 0 Å². The summed E-state index contributed by atoms with van der Waals surface area (Å²) in [6.45, 7) is 6.24. The van der Waals surface area contributed by atoms with Gasteiger partial charge in [-0.15, -0.1) is 0 Å². The molecule has 0 saturated carbocycles. The molecule has 6 heteroatoms. The molecule has 27 heavy (non-hydrogen) atoms. The van der Waals surface area contributed by atoms with Crippen LogP contribution in [0.25, 0.3) is 0 Å². The Hall–Kier alpha value is -0.690. The quantitative estimate of drug-likeness (QED) is 0.244. The molecule has 0 aliphatic carbocycles. The zero-order chi connectivity index (χ0) is 20.7. The Morgan fingerprint density at radius 1 is 0.889 bits per heavy atom. The van der Waals surface area contributed by atoms with Crippen molar-refractivity contribution in [1.29, 1.82) is 0 Å². The molecule has 0 bridgehead atoms. The van der Waals surface area contributed by atoms with Crippen molar-refractivity contribution in [3.8, 4) is 0 Å². The number of quaternary nitrogens is 1. The van der Waals surface area contributed by atoms with Gasteiger partial charge in [0.15, 0.2) is 0 Å². The van der Waals surface area contributed by atoms with Crippen LogP contribution in [-0.4, -0.2) is 70.3 Å². The first-order valence-corrected chi connectivity index (χ1v) is 10.9. The van der Waals surface area contributed by atoms with Gasteiger partial charge >= 0.3 is 0 Å². The summed E-state index contributed by atoms with van der Waals surface area (Å²) in [4.78, 5) is 11.6. The van der Waals surface area contributed by atoms with Crippen LogP contribution in [0.15, 0.2) is 0 Å². The number of aliphatic hydroxyl groups is 3. The van der Waals surface area contributed by atoms with E-state index in [1.807, 2.05) is 0 Å². The summed E-state index contributed by atoms with van der Waals surface area (Å²) in [6, 6.07) is -0.896. The van der Waals surface area contributed by atoms with Crippen molar-refractivity contribution < 1.29 is 29.7 Å². The van der Waals surface area contributed by atoms with Crippen molar-refractivity contribution >= 4 is 5.97 Å². The summed E-state index contributed by atoms with van der Waals surface area (Å²) in [5.41, 5.74) is 0. The molecule has 0 aromatic heterocycles. The van der Waals surface area contributed by atoms with Crippen molar-refractivity contribution in [3.63, 3.8) is 0 Å². The normalized spacial score (nSPS) is 17.3. The van der Waals surface area contributed by atoms with Gasteiger partial charge in [0.05, 0.1) is 12.6 Å². The van der Waals surface area contributed by atoms with Gasteiger partial charge in [0.25, 0.3) is 0 Å². The first-order chi connectivity index (χ1) is 12.8. The number of carboxylic acids is 1. The molecule has 0 fully saturated rings. The zero-order valence-electron chi connectivity index (χ0n) is 17.7. The van der Waals surface area contributed by atoms with E-state index in [-0.39, 0.29) is 30.7 Å². The maximum absolute atomic E-state index is 11.6. The Morgan fingerprint density at radius 3 is 1.67 bits per heavy atom. The highest BCUT2D eigenvalue weighted by Crippen LogP contribution is 2.20. The molecular formula is C21H43NO5. The fourth-order valence-electron chi connectivity index (χ4n) is 3.83. The molecule has 0 aliphatic rings. The number of unbranched alkanes of at least 4 members (excludes halogenated alkanes) is 6. The third-order valence-electron chi connectivity index (χ3n) is 5.64. The number of nitrogens with zero attached hydrogens (tertiary/aromatic N) is 1. The number of hydrogen-bond acceptors (Lipinski definition) is 5. The van der Waals surface area contributed by atoms with Crippen molar-refractivity contribution in [3.05, 3.63) is 0 Å². The van der Waals surface area contributed by atoms with Gasteiger partial charge in [-0.1, -0.05) is 65.2 Å². The summed E-state index contributed by atoms with van der Waals surface area (Å²) < 4.78 is -0.0390. The zero-order valence-corrected chi connectivity index (χ0v) is 17.7. The number of carboxylic acid groups (broad SMARTS) is 1. The van der Waals surface area contributed by atoms with Gasteiger partial charge < -0.3 is 29.7 Å². The van der Waals surface area contributed by atoms with Crippen LogP contribution in [-0.2, 0) is 4.79 Å². The highest BCUT2D eigenvalue weighted by Gasteiger charge is 2.38. The lowest BCUT2D eigenvalue weighted by Crippen LogP contribution is -2.66. The molecule has 3 atom stereocenters. The molecule has 0 rings (SSSR count). The molecule has 162 valence electrons. The van der Waals surface area contributed by atoms with Gasteiger partial charge in [-0.3, -0.25) is 0 Å². The van der Waals surface area contributed by atoms with E-state index < -0.39 is 24.2 Å². The lowest BCUT2D eigenvalue weighted by molar-refractivity contribution is -0.948. The Bertz CT molecular complexity index is 358. The molecule has 0 aliphatic heterocycles. The average Bonchev–Trinajstić information content (AvgIpc) is 2.61. The average molecular weight is 390 g/mol. The monoisotopic (exact) mass is 389 g/mol. The van der Waals surface area contributed by atoms with Crippen LogP contribution in [0, 0.1) is 0 Å². The number of rotatable bonds is 18. The summed E-state index contributed by atoms with van der Waals surface area (Å²) >= 11 is 0. The van der Waals surface area contributed by atoms with Gasteiger partial charge in [0, 0.05) is 0 Å². The lowest BCUT2D eigenvalue weighted by atomic mass is 10.0. The van der Waals surface area contributed by atoms with E-state index in [2.05, 4.69) is 13.8 Å². The molecule has 0 saturated heterocycles. The van der Waals surface area contributed by atoms with E-state index >= 15 is 0 Å². The van der Waals surface area contributed by atoms with Crippen LogP contribution in [0.4, 0.5) is 0 Å². The SMILES string of the molecule is CCCCCCC(O)C[N+](CCO)(CC(O)CCCCCC)C(C)C(=O)[O-]. The van der Waals surface area contributed by atoms with Crippen LogP contribution in [0.1, 0.15) is 85.0 Å². The summed E-state index contributed by atoms with van der Waals surface area (Å²) in [5.74, 6) is -1.21. The molecule has 6 nitrogen and oxygen atoms in total. The van der Waals surface area contributed by atoms with E-state index in [4.69, 9.17) is 0 Å². The molecule has 0 spiro atoms. The fraction of sp³-hybridized carbons (Fsp3) is 0.952. The Kier molecular flexibility index (Phi) is 14.9. The van der Waals surface area contributed by atoms with Crippen LogP contribution in [0.5, 0.6) is 0 Å². The Balaban J connectivity index is 5.02. The molecule has 3 N–H and O–H groups in total. The molecule has 0 amide bonds. The predicted octanol–water partition coefficient (Wildman–Crippen LogP) is 1.60. The first kappa shape index (κ1) is 26.3. The number of hydrogen-bond donors (Lipinski definition) is 3. The number of aliphatic hydroxyl groups excluding tert-OH is 3. The number of carbonyl (C=O) groups is 1. The van der Waals surface area contributed by atoms with Crippen molar-refractivity contribution in [2.24, 2.45) is 0 Å².